The zero-order valence-electron chi connectivity index (χ0n) is 14.5. The maximum absolute atomic E-state index is 5.37. The van der Waals surface area contributed by atoms with E-state index in [1.165, 1.54) is 5.56 Å². The van der Waals surface area contributed by atoms with E-state index in [1.807, 2.05) is 36.4 Å². The van der Waals surface area contributed by atoms with Gasteiger partial charge in [0.25, 0.3) is 0 Å². The summed E-state index contributed by atoms with van der Waals surface area (Å²) in [6.07, 6.45) is 1.77. The summed E-state index contributed by atoms with van der Waals surface area (Å²) >= 11 is 0. The number of anilines is 3. The van der Waals surface area contributed by atoms with Crippen molar-refractivity contribution in [1.82, 2.24) is 9.97 Å². The van der Waals surface area contributed by atoms with Gasteiger partial charge >= 0.3 is 0 Å². The van der Waals surface area contributed by atoms with Crippen LogP contribution in [0, 0.1) is 0 Å². The third-order valence-corrected chi connectivity index (χ3v) is 3.92. The second-order valence-corrected chi connectivity index (χ2v) is 5.56. The second-order valence-electron chi connectivity index (χ2n) is 5.56. The minimum Gasteiger partial charge on any atom is -0.495 e. The summed E-state index contributed by atoms with van der Waals surface area (Å²) in [5.41, 5.74) is 2.09. The molecule has 0 atom stereocenters. The highest BCUT2D eigenvalue weighted by atomic mass is 16.5. The largest absolute Gasteiger partial charge is 0.495 e. The number of hydrogen-bond donors (Lipinski definition) is 1. The van der Waals surface area contributed by atoms with Crippen LogP contribution in [0.25, 0.3) is 0 Å². The van der Waals surface area contributed by atoms with Crippen LogP contribution < -0.4 is 15.0 Å². The lowest BCUT2D eigenvalue weighted by Gasteiger charge is -2.22. The number of para-hydroxylation sites is 2. The SMILES string of the molecule is CCN(Cc1ccccc1)c1ccnc(Nc2ccccc2OC)n1. The molecule has 128 valence electrons. The molecule has 25 heavy (non-hydrogen) atoms. The van der Waals surface area contributed by atoms with Crippen molar-refractivity contribution in [2.75, 3.05) is 23.9 Å². The molecule has 0 aliphatic heterocycles. The van der Waals surface area contributed by atoms with Crippen molar-refractivity contribution in [1.29, 1.82) is 0 Å². The molecule has 0 fully saturated rings. The molecule has 0 aliphatic carbocycles. The van der Waals surface area contributed by atoms with Crippen LogP contribution in [0.15, 0.2) is 66.9 Å². The minimum atomic E-state index is 0.550. The lowest BCUT2D eigenvalue weighted by molar-refractivity contribution is 0.417. The second kappa shape index (κ2) is 8.15. The van der Waals surface area contributed by atoms with Gasteiger partial charge in [0.1, 0.15) is 11.6 Å². The number of nitrogens with zero attached hydrogens (tertiary/aromatic N) is 3. The van der Waals surface area contributed by atoms with Crippen LogP contribution in [0.2, 0.25) is 0 Å². The Balaban J connectivity index is 1.80. The molecule has 5 heteroatoms. The first-order valence-corrected chi connectivity index (χ1v) is 8.32. The predicted molar refractivity (Wildman–Crippen MR) is 101 cm³/mol. The molecule has 2 aromatic carbocycles. The highest BCUT2D eigenvalue weighted by Gasteiger charge is 2.09. The van der Waals surface area contributed by atoms with Gasteiger partial charge in [0.2, 0.25) is 5.95 Å². The third kappa shape index (κ3) is 4.26. The van der Waals surface area contributed by atoms with Crippen LogP contribution in [-0.2, 0) is 6.54 Å². The van der Waals surface area contributed by atoms with Crippen LogP contribution in [0.5, 0.6) is 5.75 Å². The molecule has 3 rings (SSSR count). The smallest absolute Gasteiger partial charge is 0.229 e. The van der Waals surface area contributed by atoms with E-state index in [0.29, 0.717) is 5.95 Å². The zero-order valence-corrected chi connectivity index (χ0v) is 14.5. The Labute approximate surface area is 148 Å². The van der Waals surface area contributed by atoms with Crippen molar-refractivity contribution in [2.45, 2.75) is 13.5 Å². The van der Waals surface area contributed by atoms with E-state index in [2.05, 4.69) is 51.4 Å². The number of benzene rings is 2. The molecule has 0 aliphatic rings. The Kier molecular flexibility index (Phi) is 5.46. The van der Waals surface area contributed by atoms with E-state index in [4.69, 9.17) is 4.74 Å². The standard InChI is InChI=1S/C20H22N4O/c1-3-24(15-16-9-5-4-6-10-16)19-13-14-21-20(23-19)22-17-11-7-8-12-18(17)25-2/h4-14H,3,15H2,1-2H3,(H,21,22,23). The molecule has 1 heterocycles. The van der Waals surface area contributed by atoms with Gasteiger partial charge in [-0.25, -0.2) is 4.98 Å². The lowest BCUT2D eigenvalue weighted by atomic mass is 10.2. The van der Waals surface area contributed by atoms with Crippen LogP contribution in [0.4, 0.5) is 17.5 Å². The van der Waals surface area contributed by atoms with E-state index >= 15 is 0 Å². The van der Waals surface area contributed by atoms with Gasteiger partial charge in [-0.2, -0.15) is 4.98 Å². The molecule has 0 saturated heterocycles. The van der Waals surface area contributed by atoms with E-state index in [1.54, 1.807) is 13.3 Å². The van der Waals surface area contributed by atoms with Gasteiger partial charge in [-0.3, -0.25) is 0 Å². The fraction of sp³-hybridized carbons (Fsp3) is 0.200. The summed E-state index contributed by atoms with van der Waals surface area (Å²) < 4.78 is 5.37. The first-order valence-electron chi connectivity index (χ1n) is 8.32. The van der Waals surface area contributed by atoms with Gasteiger partial charge in [0.15, 0.2) is 0 Å². The van der Waals surface area contributed by atoms with Crippen molar-refractivity contribution < 1.29 is 4.74 Å². The Hall–Kier alpha value is -3.08. The minimum absolute atomic E-state index is 0.550. The number of methoxy groups -OCH3 is 1. The Morgan fingerprint density at radius 2 is 1.76 bits per heavy atom. The van der Waals surface area contributed by atoms with Crippen molar-refractivity contribution >= 4 is 17.5 Å². The van der Waals surface area contributed by atoms with E-state index < -0.39 is 0 Å². The summed E-state index contributed by atoms with van der Waals surface area (Å²) in [5, 5.41) is 3.23. The van der Waals surface area contributed by atoms with Gasteiger partial charge in [-0.05, 0) is 30.7 Å². The summed E-state index contributed by atoms with van der Waals surface area (Å²) in [4.78, 5) is 11.2. The monoisotopic (exact) mass is 334 g/mol. The van der Waals surface area contributed by atoms with E-state index in [0.717, 1.165) is 30.3 Å². The summed E-state index contributed by atoms with van der Waals surface area (Å²) in [5.74, 6) is 2.19. The van der Waals surface area contributed by atoms with E-state index in [-0.39, 0.29) is 0 Å². The predicted octanol–water partition coefficient (Wildman–Crippen LogP) is 4.26. The Bertz CT molecular complexity index is 808. The first kappa shape index (κ1) is 16.8. The van der Waals surface area contributed by atoms with Gasteiger partial charge < -0.3 is 15.0 Å². The number of aromatic nitrogens is 2. The zero-order chi connectivity index (χ0) is 17.5. The highest BCUT2D eigenvalue weighted by Crippen LogP contribution is 2.26. The average molecular weight is 334 g/mol. The number of ether oxygens (including phenoxy) is 1. The molecular weight excluding hydrogens is 312 g/mol. The van der Waals surface area contributed by atoms with Crippen molar-refractivity contribution in [3.8, 4) is 5.75 Å². The van der Waals surface area contributed by atoms with Gasteiger partial charge in [0, 0.05) is 19.3 Å². The molecule has 0 unspecified atom stereocenters. The van der Waals surface area contributed by atoms with Crippen molar-refractivity contribution in [2.24, 2.45) is 0 Å². The molecule has 1 aromatic heterocycles. The van der Waals surface area contributed by atoms with Crippen LogP contribution in [-0.4, -0.2) is 23.6 Å². The Morgan fingerprint density at radius 3 is 2.52 bits per heavy atom. The lowest BCUT2D eigenvalue weighted by Crippen LogP contribution is -2.23. The molecule has 3 aromatic rings. The number of hydrogen-bond acceptors (Lipinski definition) is 5. The quantitative estimate of drug-likeness (QED) is 0.700. The highest BCUT2D eigenvalue weighted by molar-refractivity contribution is 5.63. The molecule has 1 N–H and O–H groups in total. The molecule has 0 radical (unpaired) electrons. The van der Waals surface area contributed by atoms with Crippen LogP contribution in [0.3, 0.4) is 0 Å². The van der Waals surface area contributed by atoms with Crippen molar-refractivity contribution in [3.05, 3.63) is 72.4 Å². The molecule has 0 bridgehead atoms. The topological polar surface area (TPSA) is 50.3 Å². The maximum atomic E-state index is 5.37. The van der Waals surface area contributed by atoms with E-state index in [9.17, 15) is 0 Å². The normalized spacial score (nSPS) is 10.3. The number of rotatable bonds is 7. The van der Waals surface area contributed by atoms with Crippen molar-refractivity contribution in [3.63, 3.8) is 0 Å². The first-order chi connectivity index (χ1) is 12.3. The Morgan fingerprint density at radius 1 is 1.00 bits per heavy atom. The summed E-state index contributed by atoms with van der Waals surface area (Å²) in [6.45, 7) is 3.79. The van der Waals surface area contributed by atoms with Gasteiger partial charge in [-0.15, -0.1) is 0 Å². The molecule has 0 amide bonds. The average Bonchev–Trinajstić information content (AvgIpc) is 2.67. The fourth-order valence-corrected chi connectivity index (χ4v) is 2.61. The van der Waals surface area contributed by atoms with Crippen LogP contribution in [0.1, 0.15) is 12.5 Å². The van der Waals surface area contributed by atoms with Gasteiger partial charge in [0.05, 0.1) is 12.8 Å². The maximum Gasteiger partial charge on any atom is 0.229 e. The van der Waals surface area contributed by atoms with Crippen LogP contribution >= 0.6 is 0 Å². The number of nitrogens with one attached hydrogen (secondary N) is 1. The molecule has 0 saturated carbocycles. The molecule has 0 spiro atoms. The molecule has 5 nitrogen and oxygen atoms in total. The fourth-order valence-electron chi connectivity index (χ4n) is 2.61. The van der Waals surface area contributed by atoms with Gasteiger partial charge in [-0.1, -0.05) is 42.5 Å². The summed E-state index contributed by atoms with van der Waals surface area (Å²) in [7, 11) is 1.65. The third-order valence-electron chi connectivity index (χ3n) is 3.92. The molecular formula is C20H22N4O. The summed E-state index contributed by atoms with van der Waals surface area (Å²) in [6, 6.07) is 20.0.